The summed E-state index contributed by atoms with van der Waals surface area (Å²) >= 11 is 0. The zero-order valence-electron chi connectivity index (χ0n) is 12.9. The van der Waals surface area contributed by atoms with Gasteiger partial charge in [0.05, 0.1) is 0 Å². The van der Waals surface area contributed by atoms with Gasteiger partial charge in [0, 0.05) is 12.6 Å². The van der Waals surface area contributed by atoms with Crippen molar-refractivity contribution in [2.45, 2.75) is 51.0 Å². The third kappa shape index (κ3) is 3.64. The van der Waals surface area contributed by atoms with Crippen LogP contribution in [0.5, 0.6) is 0 Å². The molecule has 1 saturated carbocycles. The fraction of sp³-hybridized carbons (Fsp3) is 0.667. The van der Waals surface area contributed by atoms with Gasteiger partial charge in [-0.1, -0.05) is 31.4 Å². The van der Waals surface area contributed by atoms with E-state index >= 15 is 0 Å². The average Bonchev–Trinajstić information content (AvgIpc) is 2.51. The zero-order valence-corrected chi connectivity index (χ0v) is 12.9. The van der Waals surface area contributed by atoms with Crippen molar-refractivity contribution in [3.8, 4) is 0 Å². The van der Waals surface area contributed by atoms with Crippen LogP contribution in [0.25, 0.3) is 0 Å². The fourth-order valence-corrected chi connectivity index (χ4v) is 4.11. The molecule has 2 N–H and O–H groups in total. The standard InChI is InChI=1S/C18H27FN2/c19-16-6-4-15(5-7-16)17(20)14-21-12-10-18(11-13-21)8-2-1-3-9-18/h4-7,17H,1-3,8-14,20H2. The number of benzene rings is 1. The van der Waals surface area contributed by atoms with E-state index in [0.29, 0.717) is 5.41 Å². The fourth-order valence-electron chi connectivity index (χ4n) is 4.11. The molecule has 1 unspecified atom stereocenters. The van der Waals surface area contributed by atoms with Gasteiger partial charge < -0.3 is 10.6 Å². The molecule has 1 aromatic carbocycles. The molecule has 1 heterocycles. The van der Waals surface area contributed by atoms with E-state index in [1.54, 1.807) is 0 Å². The Balaban J connectivity index is 1.51. The van der Waals surface area contributed by atoms with E-state index in [4.69, 9.17) is 5.73 Å². The van der Waals surface area contributed by atoms with Crippen LogP contribution in [0.1, 0.15) is 56.6 Å². The number of piperidine rings is 1. The first kappa shape index (κ1) is 15.0. The van der Waals surface area contributed by atoms with Crippen molar-refractivity contribution in [2.75, 3.05) is 19.6 Å². The van der Waals surface area contributed by atoms with E-state index in [-0.39, 0.29) is 11.9 Å². The summed E-state index contributed by atoms with van der Waals surface area (Å²) in [6, 6.07) is 6.62. The topological polar surface area (TPSA) is 29.3 Å². The summed E-state index contributed by atoms with van der Waals surface area (Å²) in [5.41, 5.74) is 7.97. The molecule has 0 amide bonds. The molecule has 1 spiro atoms. The summed E-state index contributed by atoms with van der Waals surface area (Å²) < 4.78 is 13.0. The normalized spacial score (nSPS) is 24.1. The lowest BCUT2D eigenvalue weighted by atomic mass is 9.68. The molecule has 116 valence electrons. The minimum atomic E-state index is -0.192. The Morgan fingerprint density at radius 2 is 1.62 bits per heavy atom. The van der Waals surface area contributed by atoms with E-state index < -0.39 is 0 Å². The van der Waals surface area contributed by atoms with Gasteiger partial charge in [0.1, 0.15) is 5.82 Å². The molecular formula is C18H27FN2. The number of nitrogens with two attached hydrogens (primary N) is 1. The van der Waals surface area contributed by atoms with Crippen LogP contribution in [-0.4, -0.2) is 24.5 Å². The highest BCUT2D eigenvalue weighted by atomic mass is 19.1. The molecule has 3 rings (SSSR count). The predicted octanol–water partition coefficient (Wildman–Crippen LogP) is 3.87. The lowest BCUT2D eigenvalue weighted by Gasteiger charge is -2.44. The van der Waals surface area contributed by atoms with Gasteiger partial charge >= 0.3 is 0 Å². The molecule has 0 radical (unpaired) electrons. The van der Waals surface area contributed by atoms with Crippen LogP contribution in [0.3, 0.4) is 0 Å². The monoisotopic (exact) mass is 290 g/mol. The van der Waals surface area contributed by atoms with Crippen molar-refractivity contribution in [1.82, 2.24) is 4.90 Å². The van der Waals surface area contributed by atoms with E-state index in [2.05, 4.69) is 4.90 Å². The van der Waals surface area contributed by atoms with Gasteiger partial charge in [-0.3, -0.25) is 0 Å². The Morgan fingerprint density at radius 1 is 1.00 bits per heavy atom. The van der Waals surface area contributed by atoms with Crippen molar-refractivity contribution in [3.05, 3.63) is 35.6 Å². The zero-order chi connectivity index (χ0) is 14.7. The van der Waals surface area contributed by atoms with Gasteiger partial charge in [-0.2, -0.15) is 0 Å². The van der Waals surface area contributed by atoms with Crippen molar-refractivity contribution >= 4 is 0 Å². The highest BCUT2D eigenvalue weighted by Gasteiger charge is 2.35. The molecule has 1 aliphatic carbocycles. The van der Waals surface area contributed by atoms with Gasteiger partial charge in [-0.25, -0.2) is 4.39 Å². The van der Waals surface area contributed by atoms with Crippen LogP contribution in [0.15, 0.2) is 24.3 Å². The van der Waals surface area contributed by atoms with Gasteiger partial charge in [-0.15, -0.1) is 0 Å². The Kier molecular flexibility index (Phi) is 4.60. The summed E-state index contributed by atoms with van der Waals surface area (Å²) in [5, 5.41) is 0. The third-order valence-electron chi connectivity index (χ3n) is 5.58. The minimum absolute atomic E-state index is 0.00833. The van der Waals surface area contributed by atoms with Gasteiger partial charge in [0.15, 0.2) is 0 Å². The van der Waals surface area contributed by atoms with Crippen LogP contribution in [0.2, 0.25) is 0 Å². The van der Waals surface area contributed by atoms with Gasteiger partial charge in [-0.05, 0) is 61.9 Å². The molecule has 1 saturated heterocycles. The van der Waals surface area contributed by atoms with Crippen molar-refractivity contribution in [3.63, 3.8) is 0 Å². The first-order chi connectivity index (χ1) is 10.2. The maximum atomic E-state index is 13.0. The first-order valence-corrected chi connectivity index (χ1v) is 8.40. The maximum absolute atomic E-state index is 13.0. The summed E-state index contributed by atoms with van der Waals surface area (Å²) in [6.07, 6.45) is 9.83. The van der Waals surface area contributed by atoms with E-state index in [1.807, 2.05) is 12.1 Å². The van der Waals surface area contributed by atoms with Crippen LogP contribution in [0, 0.1) is 11.2 Å². The molecule has 2 nitrogen and oxygen atoms in total. The lowest BCUT2D eigenvalue weighted by molar-refractivity contribution is 0.0649. The second-order valence-corrected chi connectivity index (χ2v) is 7.02. The highest BCUT2D eigenvalue weighted by molar-refractivity contribution is 5.19. The molecular weight excluding hydrogens is 263 g/mol. The van der Waals surface area contributed by atoms with Crippen LogP contribution in [-0.2, 0) is 0 Å². The molecule has 3 heteroatoms. The van der Waals surface area contributed by atoms with Gasteiger partial charge in [0.2, 0.25) is 0 Å². The number of rotatable bonds is 3. The minimum Gasteiger partial charge on any atom is -0.323 e. The van der Waals surface area contributed by atoms with Crippen LogP contribution in [0.4, 0.5) is 4.39 Å². The van der Waals surface area contributed by atoms with Gasteiger partial charge in [0.25, 0.3) is 0 Å². The number of hydrogen-bond acceptors (Lipinski definition) is 2. The molecule has 0 bridgehead atoms. The number of nitrogens with zero attached hydrogens (tertiary/aromatic N) is 1. The van der Waals surface area contributed by atoms with Crippen molar-refractivity contribution in [2.24, 2.45) is 11.1 Å². The molecule has 1 aliphatic heterocycles. The second kappa shape index (κ2) is 6.45. The molecule has 0 aromatic heterocycles. The van der Waals surface area contributed by atoms with Crippen LogP contribution < -0.4 is 5.73 Å². The molecule has 1 aromatic rings. The van der Waals surface area contributed by atoms with Crippen molar-refractivity contribution < 1.29 is 4.39 Å². The number of likely N-dealkylation sites (tertiary alicyclic amines) is 1. The summed E-state index contributed by atoms with van der Waals surface area (Å²) in [5.74, 6) is -0.192. The predicted molar refractivity (Wildman–Crippen MR) is 84.5 cm³/mol. The van der Waals surface area contributed by atoms with E-state index in [9.17, 15) is 4.39 Å². The molecule has 21 heavy (non-hydrogen) atoms. The summed E-state index contributed by atoms with van der Waals surface area (Å²) in [7, 11) is 0. The maximum Gasteiger partial charge on any atom is 0.123 e. The number of halogens is 1. The summed E-state index contributed by atoms with van der Waals surface area (Å²) in [4.78, 5) is 2.49. The Morgan fingerprint density at radius 3 is 2.24 bits per heavy atom. The van der Waals surface area contributed by atoms with E-state index in [0.717, 1.165) is 12.1 Å². The number of hydrogen-bond donors (Lipinski definition) is 1. The average molecular weight is 290 g/mol. The highest BCUT2D eigenvalue weighted by Crippen LogP contribution is 2.44. The quantitative estimate of drug-likeness (QED) is 0.915. The molecule has 1 atom stereocenters. The largest absolute Gasteiger partial charge is 0.323 e. The Bertz CT molecular complexity index is 441. The first-order valence-electron chi connectivity index (χ1n) is 8.40. The lowest BCUT2D eigenvalue weighted by Crippen LogP contribution is -2.43. The molecule has 2 fully saturated rings. The summed E-state index contributed by atoms with van der Waals surface area (Å²) in [6.45, 7) is 3.24. The smallest absolute Gasteiger partial charge is 0.123 e. The SMILES string of the molecule is NC(CN1CCC2(CCCCC2)CC1)c1ccc(F)cc1. The Hall–Kier alpha value is -0.930. The third-order valence-corrected chi connectivity index (χ3v) is 5.58. The van der Waals surface area contributed by atoms with Crippen molar-refractivity contribution in [1.29, 1.82) is 0 Å². The van der Waals surface area contributed by atoms with E-state index in [1.165, 1.54) is 70.2 Å². The van der Waals surface area contributed by atoms with Crippen LogP contribution >= 0.6 is 0 Å². The second-order valence-electron chi connectivity index (χ2n) is 7.02. The molecule has 2 aliphatic rings. The Labute approximate surface area is 127 Å².